The number of ether oxygens (including phenoxy) is 1. The lowest BCUT2D eigenvalue weighted by Crippen LogP contribution is -2.33. The van der Waals surface area contributed by atoms with Gasteiger partial charge in [0.05, 0.1) is 18.6 Å². The molecule has 108 valence electrons. The first kappa shape index (κ1) is 17.9. The van der Waals surface area contributed by atoms with Crippen molar-refractivity contribution in [2.75, 3.05) is 13.7 Å². The van der Waals surface area contributed by atoms with Crippen LogP contribution >= 0.6 is 12.4 Å². The van der Waals surface area contributed by atoms with Crippen molar-refractivity contribution >= 4 is 18.3 Å². The number of halogens is 1. The number of hydrogen-bond acceptors (Lipinski definition) is 3. The summed E-state index contributed by atoms with van der Waals surface area (Å²) in [4.78, 5) is 11.8. The molecule has 5 heteroatoms. The topological polar surface area (TPSA) is 64.3 Å². The van der Waals surface area contributed by atoms with Crippen LogP contribution in [0.2, 0.25) is 0 Å². The molecular weight excluding hydrogens is 264 g/mol. The summed E-state index contributed by atoms with van der Waals surface area (Å²) in [5, 5.41) is 2.94. The molecule has 0 aliphatic carbocycles. The zero-order valence-electron chi connectivity index (χ0n) is 11.7. The van der Waals surface area contributed by atoms with Crippen LogP contribution in [0.4, 0.5) is 0 Å². The Morgan fingerprint density at radius 1 is 1.37 bits per heavy atom. The number of nitrogens with one attached hydrogen (secondary N) is 1. The van der Waals surface area contributed by atoms with E-state index in [0.29, 0.717) is 13.0 Å². The van der Waals surface area contributed by atoms with Crippen molar-refractivity contribution in [3.05, 3.63) is 35.4 Å². The monoisotopic (exact) mass is 286 g/mol. The van der Waals surface area contributed by atoms with E-state index < -0.39 is 0 Å². The Hall–Kier alpha value is -1.10. The Morgan fingerprint density at radius 2 is 1.95 bits per heavy atom. The molecule has 0 heterocycles. The number of hydrogen-bond donors (Lipinski definition) is 2. The molecule has 1 rings (SSSR count). The zero-order chi connectivity index (χ0) is 13.5. The van der Waals surface area contributed by atoms with E-state index in [2.05, 4.69) is 5.32 Å². The molecule has 2 atom stereocenters. The molecule has 0 aliphatic rings. The van der Waals surface area contributed by atoms with Gasteiger partial charge in [0.25, 0.3) is 0 Å². The van der Waals surface area contributed by atoms with Gasteiger partial charge in [-0.05, 0) is 19.4 Å². The molecule has 1 aromatic carbocycles. The van der Waals surface area contributed by atoms with Gasteiger partial charge in [0.1, 0.15) is 0 Å². The van der Waals surface area contributed by atoms with Crippen molar-refractivity contribution in [3.63, 3.8) is 0 Å². The van der Waals surface area contributed by atoms with Crippen molar-refractivity contribution in [1.29, 1.82) is 0 Å². The Morgan fingerprint density at radius 3 is 2.42 bits per heavy atom. The largest absolute Gasteiger partial charge is 0.380 e. The second-order valence-corrected chi connectivity index (χ2v) is 4.50. The highest BCUT2D eigenvalue weighted by Crippen LogP contribution is 2.13. The summed E-state index contributed by atoms with van der Waals surface area (Å²) in [5.41, 5.74) is 7.79. The molecule has 2 unspecified atom stereocenters. The van der Waals surface area contributed by atoms with Crippen LogP contribution in [0.5, 0.6) is 0 Å². The maximum Gasteiger partial charge on any atom is 0.223 e. The summed E-state index contributed by atoms with van der Waals surface area (Å²) in [7, 11) is 1.56. The van der Waals surface area contributed by atoms with E-state index in [4.69, 9.17) is 10.5 Å². The average molecular weight is 287 g/mol. The van der Waals surface area contributed by atoms with Gasteiger partial charge in [-0.1, -0.05) is 29.8 Å². The molecule has 0 aromatic heterocycles. The van der Waals surface area contributed by atoms with Gasteiger partial charge in [-0.3, -0.25) is 4.79 Å². The molecule has 4 nitrogen and oxygen atoms in total. The smallest absolute Gasteiger partial charge is 0.223 e. The fourth-order valence-electron chi connectivity index (χ4n) is 1.71. The van der Waals surface area contributed by atoms with Crippen LogP contribution < -0.4 is 11.1 Å². The third-order valence-corrected chi connectivity index (χ3v) is 2.96. The number of carbonyl (C=O) groups excluding carboxylic acids is 1. The van der Waals surface area contributed by atoms with Crippen LogP contribution in [0.25, 0.3) is 0 Å². The molecule has 0 radical (unpaired) electrons. The molecule has 1 aromatic rings. The highest BCUT2D eigenvalue weighted by atomic mass is 35.5. The molecule has 0 fully saturated rings. The number of benzene rings is 1. The van der Waals surface area contributed by atoms with Gasteiger partial charge in [0.15, 0.2) is 0 Å². The number of methoxy groups -OCH3 is 1. The maximum absolute atomic E-state index is 11.8. The SMILES string of the molecule is COC(CN)CC(=O)NC(C)c1ccc(C)cc1.Cl. The van der Waals surface area contributed by atoms with Gasteiger partial charge < -0.3 is 15.8 Å². The van der Waals surface area contributed by atoms with Crippen molar-refractivity contribution in [1.82, 2.24) is 5.32 Å². The predicted molar refractivity (Wildman–Crippen MR) is 79.5 cm³/mol. The second kappa shape index (κ2) is 8.91. The van der Waals surface area contributed by atoms with Gasteiger partial charge in [-0.25, -0.2) is 0 Å². The minimum absolute atomic E-state index is 0. The Labute approximate surface area is 121 Å². The lowest BCUT2D eigenvalue weighted by molar-refractivity contribution is -0.124. The number of aryl methyl sites for hydroxylation is 1. The lowest BCUT2D eigenvalue weighted by atomic mass is 10.1. The first-order chi connectivity index (χ1) is 8.56. The second-order valence-electron chi connectivity index (χ2n) is 4.50. The molecule has 0 saturated carbocycles. The van der Waals surface area contributed by atoms with Crippen LogP contribution in [0.3, 0.4) is 0 Å². The van der Waals surface area contributed by atoms with E-state index in [1.807, 2.05) is 38.1 Å². The van der Waals surface area contributed by atoms with Gasteiger partial charge in [-0.15, -0.1) is 12.4 Å². The summed E-state index contributed by atoms with van der Waals surface area (Å²) in [6.45, 7) is 4.35. The molecule has 0 spiro atoms. The summed E-state index contributed by atoms with van der Waals surface area (Å²) >= 11 is 0. The minimum atomic E-state index is -0.213. The van der Waals surface area contributed by atoms with E-state index in [9.17, 15) is 4.79 Å². The van der Waals surface area contributed by atoms with Crippen LogP contribution in [-0.2, 0) is 9.53 Å². The first-order valence-corrected chi connectivity index (χ1v) is 6.15. The number of nitrogens with two attached hydrogens (primary N) is 1. The molecule has 0 aliphatic heterocycles. The summed E-state index contributed by atoms with van der Waals surface area (Å²) in [6.07, 6.45) is 0.0821. The van der Waals surface area contributed by atoms with Crippen LogP contribution in [-0.4, -0.2) is 25.7 Å². The Balaban J connectivity index is 0.00000324. The highest BCUT2D eigenvalue weighted by Gasteiger charge is 2.14. The van der Waals surface area contributed by atoms with E-state index in [1.54, 1.807) is 7.11 Å². The fourth-order valence-corrected chi connectivity index (χ4v) is 1.71. The number of rotatable bonds is 6. The lowest BCUT2D eigenvalue weighted by Gasteiger charge is -2.17. The van der Waals surface area contributed by atoms with Crippen molar-refractivity contribution < 1.29 is 9.53 Å². The van der Waals surface area contributed by atoms with Gasteiger partial charge >= 0.3 is 0 Å². The van der Waals surface area contributed by atoms with Crippen LogP contribution in [0.15, 0.2) is 24.3 Å². The minimum Gasteiger partial charge on any atom is -0.380 e. The predicted octanol–water partition coefficient (Wildman–Crippen LogP) is 1.96. The van der Waals surface area contributed by atoms with Crippen molar-refractivity contribution in [2.24, 2.45) is 5.73 Å². The zero-order valence-corrected chi connectivity index (χ0v) is 12.5. The molecule has 1 amide bonds. The third-order valence-electron chi connectivity index (χ3n) is 2.96. The quantitative estimate of drug-likeness (QED) is 0.840. The molecule has 19 heavy (non-hydrogen) atoms. The van der Waals surface area contributed by atoms with Gasteiger partial charge in [0.2, 0.25) is 5.91 Å². The van der Waals surface area contributed by atoms with Crippen molar-refractivity contribution in [3.8, 4) is 0 Å². The molecule has 3 N–H and O–H groups in total. The van der Waals surface area contributed by atoms with Gasteiger partial charge in [-0.2, -0.15) is 0 Å². The van der Waals surface area contributed by atoms with E-state index >= 15 is 0 Å². The standard InChI is InChI=1S/C14H22N2O2.ClH/c1-10-4-6-12(7-5-10)11(2)16-14(17)8-13(9-15)18-3;/h4-7,11,13H,8-9,15H2,1-3H3,(H,16,17);1H. The van der Waals surface area contributed by atoms with Crippen LogP contribution in [0.1, 0.15) is 30.5 Å². The third kappa shape index (κ3) is 6.05. The highest BCUT2D eigenvalue weighted by molar-refractivity contribution is 5.85. The van der Waals surface area contributed by atoms with E-state index in [1.165, 1.54) is 5.56 Å². The Bertz CT molecular complexity index is 378. The summed E-state index contributed by atoms with van der Waals surface area (Å²) < 4.78 is 5.09. The number of amides is 1. The summed E-state index contributed by atoms with van der Waals surface area (Å²) in [6, 6.07) is 8.12. The Kier molecular flexibility index (Phi) is 8.39. The fraction of sp³-hybridized carbons (Fsp3) is 0.500. The first-order valence-electron chi connectivity index (χ1n) is 6.15. The normalized spacial score (nSPS) is 13.3. The van der Waals surface area contributed by atoms with Crippen LogP contribution in [0, 0.1) is 6.92 Å². The summed E-state index contributed by atoms with van der Waals surface area (Å²) in [5.74, 6) is -0.0413. The molecule has 0 saturated heterocycles. The van der Waals surface area contributed by atoms with E-state index in [-0.39, 0.29) is 30.5 Å². The van der Waals surface area contributed by atoms with E-state index in [0.717, 1.165) is 5.56 Å². The average Bonchev–Trinajstić information content (AvgIpc) is 2.36. The maximum atomic E-state index is 11.8. The number of carbonyl (C=O) groups is 1. The van der Waals surface area contributed by atoms with Crippen molar-refractivity contribution in [2.45, 2.75) is 32.4 Å². The van der Waals surface area contributed by atoms with Gasteiger partial charge in [0, 0.05) is 13.7 Å². The molecular formula is C14H23ClN2O2. The molecule has 0 bridgehead atoms.